The highest BCUT2D eigenvalue weighted by molar-refractivity contribution is 6.30. The van der Waals surface area contributed by atoms with Crippen LogP contribution >= 0.6 is 11.6 Å². The zero-order valence-corrected chi connectivity index (χ0v) is 15.5. The Morgan fingerprint density at radius 2 is 1.69 bits per heavy atom. The van der Waals surface area contributed by atoms with E-state index in [4.69, 9.17) is 11.6 Å². The van der Waals surface area contributed by atoms with Crippen molar-refractivity contribution in [3.05, 3.63) is 64.9 Å². The summed E-state index contributed by atoms with van der Waals surface area (Å²) in [5.74, 6) is -0.379. The Hall–Kier alpha value is -1.95. The summed E-state index contributed by atoms with van der Waals surface area (Å²) in [4.78, 5) is 17.0. The third-order valence-corrected chi connectivity index (χ3v) is 5.02. The van der Waals surface area contributed by atoms with Gasteiger partial charge in [-0.05, 0) is 48.9 Å². The average Bonchev–Trinajstić information content (AvgIpc) is 2.65. The normalized spacial score (nSPS) is 17.0. The van der Waals surface area contributed by atoms with Gasteiger partial charge in [0.05, 0.1) is 6.04 Å². The molecule has 0 bridgehead atoms. The molecule has 0 aliphatic carbocycles. The predicted molar refractivity (Wildman–Crippen MR) is 103 cm³/mol. The lowest BCUT2D eigenvalue weighted by Crippen LogP contribution is -2.52. The fourth-order valence-corrected chi connectivity index (χ4v) is 3.23. The molecule has 1 N–H and O–H groups in total. The SMILES string of the molecule is C[C@H](C(=O)Nc1ccc(F)cc1)N1CCN(Cc2ccc(Cl)cc2)CC1. The minimum absolute atomic E-state index is 0.0669. The number of benzene rings is 2. The number of hydrogen-bond donors (Lipinski definition) is 1. The van der Waals surface area contributed by atoms with Crippen LogP contribution in [-0.2, 0) is 11.3 Å². The third-order valence-electron chi connectivity index (χ3n) is 4.77. The first kappa shape index (κ1) is 18.8. The first-order valence-electron chi connectivity index (χ1n) is 8.78. The van der Waals surface area contributed by atoms with Crippen LogP contribution in [0.1, 0.15) is 12.5 Å². The maximum Gasteiger partial charge on any atom is 0.241 e. The number of anilines is 1. The summed E-state index contributed by atoms with van der Waals surface area (Å²) in [6, 6.07) is 13.5. The number of nitrogens with one attached hydrogen (secondary N) is 1. The van der Waals surface area contributed by atoms with Gasteiger partial charge in [-0.1, -0.05) is 23.7 Å². The maximum atomic E-state index is 13.0. The molecule has 1 heterocycles. The highest BCUT2D eigenvalue weighted by Gasteiger charge is 2.25. The molecule has 0 spiro atoms. The van der Waals surface area contributed by atoms with E-state index >= 15 is 0 Å². The summed E-state index contributed by atoms with van der Waals surface area (Å²) in [6.07, 6.45) is 0. The summed E-state index contributed by atoms with van der Waals surface area (Å²) in [7, 11) is 0. The van der Waals surface area contributed by atoms with E-state index < -0.39 is 0 Å². The second-order valence-corrected chi connectivity index (χ2v) is 7.05. The monoisotopic (exact) mass is 375 g/mol. The maximum absolute atomic E-state index is 13.0. The summed E-state index contributed by atoms with van der Waals surface area (Å²) < 4.78 is 13.0. The van der Waals surface area contributed by atoms with Crippen molar-refractivity contribution in [1.82, 2.24) is 9.80 Å². The Balaban J connectivity index is 1.48. The van der Waals surface area contributed by atoms with Gasteiger partial charge < -0.3 is 5.32 Å². The molecule has 0 unspecified atom stereocenters. The average molecular weight is 376 g/mol. The van der Waals surface area contributed by atoms with Gasteiger partial charge in [0.25, 0.3) is 0 Å². The fraction of sp³-hybridized carbons (Fsp3) is 0.350. The Morgan fingerprint density at radius 3 is 2.31 bits per heavy atom. The van der Waals surface area contributed by atoms with Crippen molar-refractivity contribution in [3.8, 4) is 0 Å². The van der Waals surface area contributed by atoms with Gasteiger partial charge in [0, 0.05) is 43.4 Å². The molecule has 1 saturated heterocycles. The zero-order valence-electron chi connectivity index (χ0n) is 14.8. The topological polar surface area (TPSA) is 35.6 Å². The number of carbonyl (C=O) groups excluding carboxylic acids is 1. The molecule has 1 atom stereocenters. The molecule has 2 aromatic carbocycles. The highest BCUT2D eigenvalue weighted by Crippen LogP contribution is 2.15. The molecular formula is C20H23ClFN3O. The summed E-state index contributed by atoms with van der Waals surface area (Å²) >= 11 is 5.93. The van der Waals surface area contributed by atoms with E-state index in [-0.39, 0.29) is 17.8 Å². The molecule has 1 amide bonds. The van der Waals surface area contributed by atoms with Crippen molar-refractivity contribution in [1.29, 1.82) is 0 Å². The van der Waals surface area contributed by atoms with E-state index in [1.165, 1.54) is 17.7 Å². The number of carbonyl (C=O) groups is 1. The standard InChI is InChI=1S/C20H23ClFN3O/c1-15(20(26)23-19-8-6-18(22)7-9-19)25-12-10-24(11-13-25)14-16-2-4-17(21)5-3-16/h2-9,15H,10-14H2,1H3,(H,23,26)/t15-/m1/s1. The Kier molecular flexibility index (Phi) is 6.25. The second-order valence-electron chi connectivity index (χ2n) is 6.61. The molecule has 6 heteroatoms. The molecule has 1 aliphatic rings. The number of nitrogens with zero attached hydrogens (tertiary/aromatic N) is 2. The quantitative estimate of drug-likeness (QED) is 0.866. The Bertz CT molecular complexity index is 728. The van der Waals surface area contributed by atoms with Gasteiger partial charge in [0.1, 0.15) is 5.82 Å². The van der Waals surface area contributed by atoms with Gasteiger partial charge in [0.15, 0.2) is 0 Å². The molecule has 0 aromatic heterocycles. The van der Waals surface area contributed by atoms with Crippen LogP contribution in [0.5, 0.6) is 0 Å². The third kappa shape index (κ3) is 5.04. The number of amides is 1. The number of hydrogen-bond acceptors (Lipinski definition) is 3. The van der Waals surface area contributed by atoms with Crippen molar-refractivity contribution in [3.63, 3.8) is 0 Å². The van der Waals surface area contributed by atoms with Gasteiger partial charge in [-0.3, -0.25) is 14.6 Å². The predicted octanol–water partition coefficient (Wildman–Crippen LogP) is 3.62. The van der Waals surface area contributed by atoms with Crippen molar-refractivity contribution in [2.24, 2.45) is 0 Å². The largest absolute Gasteiger partial charge is 0.325 e. The highest BCUT2D eigenvalue weighted by atomic mass is 35.5. The van der Waals surface area contributed by atoms with Crippen LogP contribution in [0.4, 0.5) is 10.1 Å². The van der Waals surface area contributed by atoms with E-state index in [2.05, 4.69) is 15.1 Å². The molecule has 3 rings (SSSR count). The van der Waals surface area contributed by atoms with Crippen molar-refractivity contribution >= 4 is 23.2 Å². The van der Waals surface area contributed by atoms with Crippen LogP contribution < -0.4 is 5.32 Å². The van der Waals surface area contributed by atoms with E-state index in [9.17, 15) is 9.18 Å². The lowest BCUT2D eigenvalue weighted by Gasteiger charge is -2.37. The summed E-state index contributed by atoms with van der Waals surface area (Å²) in [5.41, 5.74) is 1.86. The molecule has 138 valence electrons. The number of halogens is 2. The molecule has 0 saturated carbocycles. The van der Waals surface area contributed by atoms with Crippen molar-refractivity contribution in [2.75, 3.05) is 31.5 Å². The van der Waals surface area contributed by atoms with Crippen LogP contribution in [0.3, 0.4) is 0 Å². The van der Waals surface area contributed by atoms with Crippen molar-refractivity contribution in [2.45, 2.75) is 19.5 Å². The Morgan fingerprint density at radius 1 is 1.08 bits per heavy atom. The molecule has 1 fully saturated rings. The van der Waals surface area contributed by atoms with E-state index in [0.717, 1.165) is 37.7 Å². The van der Waals surface area contributed by atoms with Gasteiger partial charge >= 0.3 is 0 Å². The smallest absolute Gasteiger partial charge is 0.241 e. The summed E-state index contributed by atoms with van der Waals surface area (Å²) in [5, 5.41) is 3.60. The van der Waals surface area contributed by atoms with E-state index in [1.54, 1.807) is 12.1 Å². The second kappa shape index (κ2) is 8.62. The molecule has 2 aromatic rings. The minimum atomic E-state index is -0.312. The molecular weight excluding hydrogens is 353 g/mol. The lowest BCUT2D eigenvalue weighted by atomic mass is 10.1. The lowest BCUT2D eigenvalue weighted by molar-refractivity contribution is -0.121. The van der Waals surface area contributed by atoms with Gasteiger partial charge in [0.2, 0.25) is 5.91 Å². The van der Waals surface area contributed by atoms with Gasteiger partial charge in [-0.2, -0.15) is 0 Å². The Labute approximate surface area is 158 Å². The van der Waals surface area contributed by atoms with Crippen molar-refractivity contribution < 1.29 is 9.18 Å². The van der Waals surface area contributed by atoms with E-state index in [1.807, 2.05) is 31.2 Å². The zero-order chi connectivity index (χ0) is 18.5. The number of rotatable bonds is 5. The molecule has 0 radical (unpaired) electrons. The van der Waals surface area contributed by atoms with Gasteiger partial charge in [-0.15, -0.1) is 0 Å². The molecule has 4 nitrogen and oxygen atoms in total. The van der Waals surface area contributed by atoms with Gasteiger partial charge in [-0.25, -0.2) is 4.39 Å². The van der Waals surface area contributed by atoms with Crippen LogP contribution in [0.2, 0.25) is 5.02 Å². The first-order chi connectivity index (χ1) is 12.5. The minimum Gasteiger partial charge on any atom is -0.325 e. The molecule has 1 aliphatic heterocycles. The van der Waals surface area contributed by atoms with Crippen LogP contribution in [-0.4, -0.2) is 47.9 Å². The summed E-state index contributed by atoms with van der Waals surface area (Å²) in [6.45, 7) is 6.31. The van der Waals surface area contributed by atoms with Crippen LogP contribution in [0.25, 0.3) is 0 Å². The van der Waals surface area contributed by atoms with Crippen LogP contribution in [0.15, 0.2) is 48.5 Å². The number of piperazine rings is 1. The first-order valence-corrected chi connectivity index (χ1v) is 9.16. The van der Waals surface area contributed by atoms with E-state index in [0.29, 0.717) is 5.69 Å². The molecule has 26 heavy (non-hydrogen) atoms. The van der Waals surface area contributed by atoms with Crippen LogP contribution in [0, 0.1) is 5.82 Å². The fourth-order valence-electron chi connectivity index (χ4n) is 3.10.